The molecule has 5 nitrogen and oxygen atoms in total. The van der Waals surface area contributed by atoms with Gasteiger partial charge in [-0.3, -0.25) is 8.98 Å². The van der Waals surface area contributed by atoms with Crippen molar-refractivity contribution in [1.82, 2.24) is 5.32 Å². The largest absolute Gasteiger partial charge is 0.416 e. The Morgan fingerprint density at radius 3 is 2.39 bits per heavy atom. The summed E-state index contributed by atoms with van der Waals surface area (Å²) >= 11 is 0. The summed E-state index contributed by atoms with van der Waals surface area (Å²) in [6.07, 6.45) is -3.59. The Labute approximate surface area is 133 Å². The lowest BCUT2D eigenvalue weighted by atomic mass is 9.93. The standard InChI is InChI=1S/C14H18F3NO4S/c1-13(2,9-22-23(3,20)21)12(19)18-8-10-5-4-6-11(7-10)14(15,16)17/h4-7H,8-9H2,1-3H3,(H,18,19). The number of carbonyl (C=O) groups is 1. The fourth-order valence-corrected chi connectivity index (χ4v) is 2.11. The van der Waals surface area contributed by atoms with E-state index in [1.54, 1.807) is 0 Å². The molecule has 0 saturated heterocycles. The minimum atomic E-state index is -4.46. The summed E-state index contributed by atoms with van der Waals surface area (Å²) in [6, 6.07) is 4.59. The Bertz CT molecular complexity index is 669. The molecule has 0 aliphatic rings. The first-order valence-corrected chi connectivity index (χ1v) is 8.42. The van der Waals surface area contributed by atoms with Gasteiger partial charge in [0.2, 0.25) is 5.91 Å². The van der Waals surface area contributed by atoms with E-state index >= 15 is 0 Å². The van der Waals surface area contributed by atoms with Crippen molar-refractivity contribution in [3.8, 4) is 0 Å². The smallest absolute Gasteiger partial charge is 0.351 e. The predicted octanol–water partition coefficient (Wildman–Crippen LogP) is 2.32. The molecule has 1 aromatic rings. The third-order valence-corrected chi connectivity index (χ3v) is 3.50. The van der Waals surface area contributed by atoms with Crippen LogP contribution in [0.3, 0.4) is 0 Å². The second-order valence-corrected chi connectivity index (χ2v) is 7.37. The van der Waals surface area contributed by atoms with E-state index in [2.05, 4.69) is 9.50 Å². The molecule has 1 N–H and O–H groups in total. The average Bonchev–Trinajstić information content (AvgIpc) is 2.41. The summed E-state index contributed by atoms with van der Waals surface area (Å²) in [4.78, 5) is 12.0. The van der Waals surface area contributed by atoms with Crippen molar-refractivity contribution in [3.63, 3.8) is 0 Å². The molecule has 23 heavy (non-hydrogen) atoms. The number of carbonyl (C=O) groups excluding carboxylic acids is 1. The molecular weight excluding hydrogens is 335 g/mol. The number of alkyl halides is 3. The molecule has 0 aromatic heterocycles. The van der Waals surface area contributed by atoms with Gasteiger partial charge in [0.15, 0.2) is 0 Å². The maximum Gasteiger partial charge on any atom is 0.416 e. The first-order valence-electron chi connectivity index (χ1n) is 6.60. The molecule has 1 amide bonds. The Balaban J connectivity index is 2.69. The van der Waals surface area contributed by atoms with Gasteiger partial charge in [0.25, 0.3) is 10.1 Å². The first-order chi connectivity index (χ1) is 10.3. The van der Waals surface area contributed by atoms with Crippen LogP contribution in [0.4, 0.5) is 13.2 Å². The van der Waals surface area contributed by atoms with Crippen LogP contribution in [0.5, 0.6) is 0 Å². The van der Waals surface area contributed by atoms with Crippen LogP contribution in [-0.4, -0.2) is 27.2 Å². The minimum absolute atomic E-state index is 0.106. The number of halogens is 3. The minimum Gasteiger partial charge on any atom is -0.351 e. The highest BCUT2D eigenvalue weighted by Gasteiger charge is 2.31. The van der Waals surface area contributed by atoms with Gasteiger partial charge >= 0.3 is 6.18 Å². The van der Waals surface area contributed by atoms with Crippen molar-refractivity contribution in [1.29, 1.82) is 0 Å². The van der Waals surface area contributed by atoms with Crippen LogP contribution in [0.25, 0.3) is 0 Å². The molecule has 0 spiro atoms. The lowest BCUT2D eigenvalue weighted by Gasteiger charge is -2.22. The van der Waals surface area contributed by atoms with E-state index in [4.69, 9.17) is 0 Å². The summed E-state index contributed by atoms with van der Waals surface area (Å²) in [6.45, 7) is 2.48. The lowest BCUT2D eigenvalue weighted by molar-refractivity contribution is -0.137. The summed E-state index contributed by atoms with van der Waals surface area (Å²) in [5, 5.41) is 2.47. The molecule has 0 unspecified atom stereocenters. The highest BCUT2D eigenvalue weighted by atomic mass is 32.2. The van der Waals surface area contributed by atoms with Crippen LogP contribution in [0, 0.1) is 5.41 Å². The van der Waals surface area contributed by atoms with Gasteiger partial charge in [0, 0.05) is 6.54 Å². The van der Waals surface area contributed by atoms with Crippen LogP contribution >= 0.6 is 0 Å². The third kappa shape index (κ3) is 6.57. The number of rotatable bonds is 6. The summed E-state index contributed by atoms with van der Waals surface area (Å²) in [7, 11) is -3.68. The first kappa shape index (κ1) is 19.4. The van der Waals surface area contributed by atoms with E-state index in [1.165, 1.54) is 26.0 Å². The van der Waals surface area contributed by atoms with Gasteiger partial charge in [0.05, 0.1) is 23.8 Å². The van der Waals surface area contributed by atoms with Crippen molar-refractivity contribution in [2.24, 2.45) is 5.41 Å². The van der Waals surface area contributed by atoms with Gasteiger partial charge in [-0.1, -0.05) is 12.1 Å². The SMILES string of the molecule is CC(C)(COS(C)(=O)=O)C(=O)NCc1cccc(C(F)(F)F)c1. The molecule has 0 atom stereocenters. The number of nitrogens with one attached hydrogen (secondary N) is 1. The molecule has 0 aliphatic heterocycles. The van der Waals surface area contributed by atoms with Gasteiger partial charge in [-0.05, 0) is 31.5 Å². The summed E-state index contributed by atoms with van der Waals surface area (Å²) < 4.78 is 64.3. The van der Waals surface area contributed by atoms with Gasteiger partial charge in [-0.15, -0.1) is 0 Å². The molecule has 1 aromatic carbocycles. The highest BCUT2D eigenvalue weighted by molar-refractivity contribution is 7.85. The Kier molecular flexibility index (Phi) is 5.81. The highest BCUT2D eigenvalue weighted by Crippen LogP contribution is 2.29. The van der Waals surface area contributed by atoms with Crippen LogP contribution in [0.2, 0.25) is 0 Å². The van der Waals surface area contributed by atoms with Gasteiger partial charge in [-0.2, -0.15) is 21.6 Å². The van der Waals surface area contributed by atoms with Crippen molar-refractivity contribution < 1.29 is 30.6 Å². The van der Waals surface area contributed by atoms with Crippen molar-refractivity contribution in [2.45, 2.75) is 26.6 Å². The Morgan fingerprint density at radius 2 is 1.87 bits per heavy atom. The zero-order valence-corrected chi connectivity index (χ0v) is 13.7. The van der Waals surface area contributed by atoms with E-state index in [9.17, 15) is 26.4 Å². The van der Waals surface area contributed by atoms with E-state index in [0.29, 0.717) is 0 Å². The number of benzene rings is 1. The van der Waals surface area contributed by atoms with Crippen LogP contribution in [0.1, 0.15) is 25.0 Å². The van der Waals surface area contributed by atoms with Crippen LogP contribution < -0.4 is 5.32 Å². The van der Waals surface area contributed by atoms with Crippen molar-refractivity contribution >= 4 is 16.0 Å². The van der Waals surface area contributed by atoms with Crippen molar-refractivity contribution in [2.75, 3.05) is 12.9 Å². The second-order valence-electron chi connectivity index (χ2n) is 5.73. The van der Waals surface area contributed by atoms with E-state index in [0.717, 1.165) is 18.4 Å². The molecule has 9 heteroatoms. The number of amides is 1. The molecule has 0 saturated carbocycles. The van der Waals surface area contributed by atoms with E-state index in [-0.39, 0.29) is 18.7 Å². The summed E-state index contributed by atoms with van der Waals surface area (Å²) in [5.74, 6) is -0.529. The van der Waals surface area contributed by atoms with Crippen molar-refractivity contribution in [3.05, 3.63) is 35.4 Å². The molecule has 1 rings (SSSR count). The van der Waals surface area contributed by atoms with Crippen LogP contribution in [-0.2, 0) is 31.8 Å². The van der Waals surface area contributed by atoms with Gasteiger partial charge < -0.3 is 5.32 Å². The molecule has 0 fully saturated rings. The second kappa shape index (κ2) is 6.88. The van der Waals surface area contributed by atoms with Gasteiger partial charge in [-0.25, -0.2) is 0 Å². The molecule has 0 radical (unpaired) electrons. The molecule has 0 aliphatic carbocycles. The maximum absolute atomic E-state index is 12.6. The van der Waals surface area contributed by atoms with E-state index in [1.807, 2.05) is 0 Å². The predicted molar refractivity (Wildman–Crippen MR) is 77.9 cm³/mol. The summed E-state index contributed by atoms with van der Waals surface area (Å²) in [5.41, 5.74) is -1.66. The maximum atomic E-state index is 12.6. The number of hydrogen-bond acceptors (Lipinski definition) is 4. The zero-order valence-electron chi connectivity index (χ0n) is 12.9. The Morgan fingerprint density at radius 1 is 1.26 bits per heavy atom. The quantitative estimate of drug-likeness (QED) is 0.797. The van der Waals surface area contributed by atoms with Crippen LogP contribution in [0.15, 0.2) is 24.3 Å². The fourth-order valence-electron chi connectivity index (χ4n) is 1.60. The normalized spacial score (nSPS) is 13.0. The van der Waals surface area contributed by atoms with Gasteiger partial charge in [0.1, 0.15) is 0 Å². The fraction of sp³-hybridized carbons (Fsp3) is 0.500. The molecule has 130 valence electrons. The molecular formula is C14H18F3NO4S. The molecule has 0 bridgehead atoms. The average molecular weight is 353 g/mol. The topological polar surface area (TPSA) is 72.5 Å². The number of hydrogen-bond donors (Lipinski definition) is 1. The lowest BCUT2D eigenvalue weighted by Crippen LogP contribution is -2.40. The zero-order chi connectivity index (χ0) is 17.9. The third-order valence-electron chi connectivity index (χ3n) is 2.96. The Hall–Kier alpha value is -1.61. The van der Waals surface area contributed by atoms with E-state index < -0.39 is 33.2 Å². The monoisotopic (exact) mass is 353 g/mol. The molecule has 0 heterocycles.